The van der Waals surface area contributed by atoms with Crippen molar-refractivity contribution in [2.45, 2.75) is 25.1 Å². The summed E-state index contributed by atoms with van der Waals surface area (Å²) in [6, 6.07) is 5.85. The van der Waals surface area contributed by atoms with E-state index in [1.165, 1.54) is 12.1 Å². The fourth-order valence-corrected chi connectivity index (χ4v) is 2.34. The highest BCUT2D eigenvalue weighted by Gasteiger charge is 2.13. The van der Waals surface area contributed by atoms with Crippen LogP contribution in [0.3, 0.4) is 0 Å². The molecule has 0 aromatic heterocycles. The first-order valence-electron chi connectivity index (χ1n) is 5.88. The summed E-state index contributed by atoms with van der Waals surface area (Å²) in [5.41, 5.74) is 6.73. The third-order valence-corrected chi connectivity index (χ3v) is 3.41. The van der Waals surface area contributed by atoms with Crippen LogP contribution in [0.25, 0.3) is 0 Å². The van der Waals surface area contributed by atoms with Crippen LogP contribution in [0, 0.1) is 5.82 Å². The fourth-order valence-electron chi connectivity index (χ4n) is 1.35. The molecule has 5 heteroatoms. The van der Waals surface area contributed by atoms with Crippen molar-refractivity contribution in [3.05, 3.63) is 35.6 Å². The van der Waals surface area contributed by atoms with E-state index in [-0.39, 0.29) is 11.8 Å². The van der Waals surface area contributed by atoms with Gasteiger partial charge in [0.2, 0.25) is 0 Å². The second-order valence-corrected chi connectivity index (χ2v) is 4.93. The molecule has 3 nitrogen and oxygen atoms in total. The van der Waals surface area contributed by atoms with Crippen molar-refractivity contribution in [1.82, 2.24) is 0 Å². The van der Waals surface area contributed by atoms with Gasteiger partial charge in [0, 0.05) is 5.75 Å². The number of carbonyl (C=O) groups excluding carboxylic acids is 1. The normalized spacial score (nSPS) is 12.2. The van der Waals surface area contributed by atoms with Gasteiger partial charge in [-0.3, -0.25) is 4.79 Å². The molecule has 0 aliphatic carbocycles. The van der Waals surface area contributed by atoms with E-state index in [0.29, 0.717) is 13.0 Å². The van der Waals surface area contributed by atoms with Crippen molar-refractivity contribution in [2.75, 3.05) is 12.4 Å². The molecule has 0 saturated heterocycles. The van der Waals surface area contributed by atoms with Gasteiger partial charge in [0.1, 0.15) is 11.9 Å². The first-order chi connectivity index (χ1) is 8.63. The zero-order valence-electron chi connectivity index (χ0n) is 10.4. The molecule has 1 atom stereocenters. The zero-order chi connectivity index (χ0) is 13.4. The Labute approximate surface area is 111 Å². The van der Waals surface area contributed by atoms with Gasteiger partial charge in [-0.25, -0.2) is 4.39 Å². The SMILES string of the molecule is CCOC(=O)C(N)CCSCc1ccc(F)cc1. The number of carbonyl (C=O) groups is 1. The van der Waals surface area contributed by atoms with Gasteiger partial charge in [0.15, 0.2) is 0 Å². The minimum atomic E-state index is -0.550. The highest BCUT2D eigenvalue weighted by Crippen LogP contribution is 2.14. The molecule has 0 bridgehead atoms. The topological polar surface area (TPSA) is 52.3 Å². The minimum absolute atomic E-state index is 0.229. The van der Waals surface area contributed by atoms with Crippen molar-refractivity contribution in [2.24, 2.45) is 5.73 Å². The van der Waals surface area contributed by atoms with Gasteiger partial charge >= 0.3 is 5.97 Å². The van der Waals surface area contributed by atoms with Crippen LogP contribution in [0.15, 0.2) is 24.3 Å². The number of rotatable bonds is 7. The molecule has 0 heterocycles. The maximum absolute atomic E-state index is 12.7. The number of benzene rings is 1. The number of hydrogen-bond donors (Lipinski definition) is 1. The molecule has 1 aromatic rings. The number of esters is 1. The van der Waals surface area contributed by atoms with Crippen LogP contribution in [0.4, 0.5) is 4.39 Å². The number of nitrogens with two attached hydrogens (primary N) is 1. The number of halogens is 1. The molecule has 0 aliphatic heterocycles. The maximum atomic E-state index is 12.7. The molecule has 0 spiro atoms. The Kier molecular flexibility index (Phi) is 6.75. The lowest BCUT2D eigenvalue weighted by atomic mass is 10.2. The molecule has 1 rings (SSSR count). The molecule has 0 amide bonds. The van der Waals surface area contributed by atoms with Crippen LogP contribution in [0.2, 0.25) is 0 Å². The summed E-state index contributed by atoms with van der Waals surface area (Å²) >= 11 is 1.67. The zero-order valence-corrected chi connectivity index (χ0v) is 11.2. The van der Waals surface area contributed by atoms with E-state index in [4.69, 9.17) is 10.5 Å². The van der Waals surface area contributed by atoms with Crippen LogP contribution >= 0.6 is 11.8 Å². The molecular weight excluding hydrogens is 253 g/mol. The van der Waals surface area contributed by atoms with Crippen molar-refractivity contribution in [1.29, 1.82) is 0 Å². The van der Waals surface area contributed by atoms with E-state index < -0.39 is 6.04 Å². The van der Waals surface area contributed by atoms with Crippen molar-refractivity contribution < 1.29 is 13.9 Å². The summed E-state index contributed by atoms with van der Waals surface area (Å²) in [6.45, 7) is 2.11. The molecule has 1 aromatic carbocycles. The summed E-state index contributed by atoms with van der Waals surface area (Å²) in [5, 5.41) is 0. The fraction of sp³-hybridized carbons (Fsp3) is 0.462. The van der Waals surface area contributed by atoms with Crippen molar-refractivity contribution in [3.63, 3.8) is 0 Å². The highest BCUT2D eigenvalue weighted by molar-refractivity contribution is 7.98. The summed E-state index contributed by atoms with van der Waals surface area (Å²) < 4.78 is 17.5. The maximum Gasteiger partial charge on any atom is 0.322 e. The van der Waals surface area contributed by atoms with Crippen LogP contribution < -0.4 is 5.73 Å². The smallest absolute Gasteiger partial charge is 0.322 e. The first kappa shape index (κ1) is 15.0. The van der Waals surface area contributed by atoms with Gasteiger partial charge in [-0.2, -0.15) is 11.8 Å². The summed E-state index contributed by atoms with van der Waals surface area (Å²) in [6.07, 6.45) is 0.588. The lowest BCUT2D eigenvalue weighted by Gasteiger charge is -2.09. The van der Waals surface area contributed by atoms with Gasteiger partial charge in [0.25, 0.3) is 0 Å². The molecule has 18 heavy (non-hydrogen) atoms. The predicted molar refractivity (Wildman–Crippen MR) is 71.8 cm³/mol. The Balaban J connectivity index is 2.18. The highest BCUT2D eigenvalue weighted by atomic mass is 32.2. The lowest BCUT2D eigenvalue weighted by Crippen LogP contribution is -2.32. The Morgan fingerprint density at radius 1 is 1.44 bits per heavy atom. The van der Waals surface area contributed by atoms with E-state index in [0.717, 1.165) is 17.1 Å². The van der Waals surface area contributed by atoms with E-state index in [9.17, 15) is 9.18 Å². The Morgan fingerprint density at radius 3 is 2.72 bits per heavy atom. The van der Waals surface area contributed by atoms with Crippen molar-refractivity contribution >= 4 is 17.7 Å². The number of hydrogen-bond acceptors (Lipinski definition) is 4. The minimum Gasteiger partial charge on any atom is -0.465 e. The predicted octanol–water partition coefficient (Wildman–Crippen LogP) is 2.34. The number of thioether (sulfide) groups is 1. The number of ether oxygens (including phenoxy) is 1. The third-order valence-electron chi connectivity index (χ3n) is 2.34. The standard InChI is InChI=1S/C13H18FNO2S/c1-2-17-13(16)12(15)7-8-18-9-10-3-5-11(14)6-4-10/h3-6,12H,2,7-9,15H2,1H3. The summed E-state index contributed by atoms with van der Waals surface area (Å²) in [5.74, 6) is 0.987. The Hall–Kier alpha value is -1.07. The van der Waals surface area contributed by atoms with Gasteiger partial charge in [-0.1, -0.05) is 12.1 Å². The molecule has 2 N–H and O–H groups in total. The summed E-state index contributed by atoms with van der Waals surface area (Å²) in [4.78, 5) is 11.2. The van der Waals surface area contributed by atoms with Crippen LogP contribution in [0.1, 0.15) is 18.9 Å². The first-order valence-corrected chi connectivity index (χ1v) is 7.03. The molecule has 0 aliphatic rings. The van der Waals surface area contributed by atoms with Crippen LogP contribution in [0.5, 0.6) is 0 Å². The van der Waals surface area contributed by atoms with E-state index in [2.05, 4.69) is 0 Å². The average molecular weight is 271 g/mol. The quantitative estimate of drug-likeness (QED) is 0.611. The van der Waals surface area contributed by atoms with E-state index in [1.54, 1.807) is 30.8 Å². The largest absolute Gasteiger partial charge is 0.465 e. The molecular formula is C13H18FNO2S. The second kappa shape index (κ2) is 8.11. The van der Waals surface area contributed by atoms with Crippen LogP contribution in [-0.2, 0) is 15.3 Å². The molecule has 0 saturated carbocycles. The van der Waals surface area contributed by atoms with Gasteiger partial charge in [0.05, 0.1) is 6.61 Å². The average Bonchev–Trinajstić information content (AvgIpc) is 2.36. The van der Waals surface area contributed by atoms with E-state index in [1.807, 2.05) is 0 Å². The van der Waals surface area contributed by atoms with Crippen molar-refractivity contribution in [3.8, 4) is 0 Å². The monoisotopic (exact) mass is 271 g/mol. The lowest BCUT2D eigenvalue weighted by molar-refractivity contribution is -0.144. The van der Waals surface area contributed by atoms with E-state index >= 15 is 0 Å². The Bertz CT molecular complexity index is 370. The molecule has 0 fully saturated rings. The van der Waals surface area contributed by atoms with Gasteiger partial charge < -0.3 is 10.5 Å². The van der Waals surface area contributed by atoms with Crippen LogP contribution in [-0.4, -0.2) is 24.4 Å². The summed E-state index contributed by atoms with van der Waals surface area (Å²) in [7, 11) is 0. The molecule has 0 radical (unpaired) electrons. The molecule has 100 valence electrons. The van der Waals surface area contributed by atoms with Gasteiger partial charge in [-0.15, -0.1) is 0 Å². The van der Waals surface area contributed by atoms with Gasteiger partial charge in [-0.05, 0) is 36.8 Å². The second-order valence-electron chi connectivity index (χ2n) is 3.83. The molecule has 1 unspecified atom stereocenters. The third kappa shape index (κ3) is 5.51. The Morgan fingerprint density at radius 2 is 2.11 bits per heavy atom.